The molecule has 0 saturated carbocycles. The van der Waals surface area contributed by atoms with E-state index >= 15 is 0 Å². The van der Waals surface area contributed by atoms with Gasteiger partial charge in [0, 0.05) is 18.7 Å². The van der Waals surface area contributed by atoms with Gasteiger partial charge in [0.2, 0.25) is 0 Å². The highest BCUT2D eigenvalue weighted by Gasteiger charge is 2.24. The van der Waals surface area contributed by atoms with Crippen LogP contribution in [-0.2, 0) is 0 Å². The maximum absolute atomic E-state index is 12.9. The second kappa shape index (κ2) is 7.51. The van der Waals surface area contributed by atoms with Gasteiger partial charge in [-0.2, -0.15) is 0 Å². The van der Waals surface area contributed by atoms with E-state index in [0.717, 1.165) is 31.5 Å². The molecule has 0 bridgehead atoms. The lowest BCUT2D eigenvalue weighted by molar-refractivity contribution is 0.0684. The third-order valence-corrected chi connectivity index (χ3v) is 4.66. The summed E-state index contributed by atoms with van der Waals surface area (Å²) in [5.74, 6) is 0.311. The summed E-state index contributed by atoms with van der Waals surface area (Å²) in [6, 6.07) is 14.6. The molecule has 1 saturated heterocycles. The van der Waals surface area contributed by atoms with Gasteiger partial charge >= 0.3 is 0 Å². The van der Waals surface area contributed by atoms with E-state index in [4.69, 9.17) is 0 Å². The minimum Gasteiger partial charge on any atom is -0.338 e. The Balaban J connectivity index is 1.79. The zero-order valence-electron chi connectivity index (χ0n) is 14.8. The first-order chi connectivity index (χ1) is 12.0. The number of carbonyl (C=O) groups excluding carboxylic acids is 2. The van der Waals surface area contributed by atoms with Crippen molar-refractivity contribution in [2.45, 2.75) is 26.7 Å². The summed E-state index contributed by atoms with van der Waals surface area (Å²) in [4.78, 5) is 27.3. The number of amides is 2. The molecule has 1 N–H and O–H groups in total. The van der Waals surface area contributed by atoms with Crippen LogP contribution < -0.4 is 5.32 Å². The van der Waals surface area contributed by atoms with Crippen LogP contribution in [0.15, 0.2) is 48.5 Å². The molecule has 4 heteroatoms. The SMILES string of the molecule is Cc1ccc(C(=O)Nc2ccccc2C(=O)N2CCC[C@@H](C)C2)cc1. The van der Waals surface area contributed by atoms with Gasteiger partial charge in [0.15, 0.2) is 0 Å². The monoisotopic (exact) mass is 336 g/mol. The van der Waals surface area contributed by atoms with Crippen molar-refractivity contribution in [1.29, 1.82) is 0 Å². The van der Waals surface area contributed by atoms with E-state index in [9.17, 15) is 9.59 Å². The average Bonchev–Trinajstić information content (AvgIpc) is 2.62. The van der Waals surface area contributed by atoms with Crippen molar-refractivity contribution >= 4 is 17.5 Å². The number of likely N-dealkylation sites (tertiary alicyclic amines) is 1. The summed E-state index contributed by atoms with van der Waals surface area (Å²) >= 11 is 0. The van der Waals surface area contributed by atoms with Crippen LogP contribution in [0.1, 0.15) is 46.0 Å². The summed E-state index contributed by atoms with van der Waals surface area (Å²) < 4.78 is 0. The molecular formula is C21H24N2O2. The Morgan fingerprint density at radius 3 is 2.52 bits per heavy atom. The van der Waals surface area contributed by atoms with Gasteiger partial charge in [0.25, 0.3) is 11.8 Å². The fourth-order valence-electron chi connectivity index (χ4n) is 3.22. The molecule has 25 heavy (non-hydrogen) atoms. The van der Waals surface area contributed by atoms with Crippen LogP contribution in [0.4, 0.5) is 5.69 Å². The van der Waals surface area contributed by atoms with Crippen molar-refractivity contribution in [2.24, 2.45) is 5.92 Å². The number of nitrogens with zero attached hydrogens (tertiary/aromatic N) is 1. The van der Waals surface area contributed by atoms with Crippen LogP contribution in [0.25, 0.3) is 0 Å². The Morgan fingerprint density at radius 1 is 1.08 bits per heavy atom. The van der Waals surface area contributed by atoms with Crippen molar-refractivity contribution in [3.05, 3.63) is 65.2 Å². The quantitative estimate of drug-likeness (QED) is 0.916. The molecule has 2 amide bonds. The second-order valence-corrected chi connectivity index (χ2v) is 6.86. The van der Waals surface area contributed by atoms with Crippen molar-refractivity contribution in [2.75, 3.05) is 18.4 Å². The van der Waals surface area contributed by atoms with E-state index in [1.807, 2.05) is 36.1 Å². The molecule has 0 radical (unpaired) electrons. The van der Waals surface area contributed by atoms with Gasteiger partial charge < -0.3 is 10.2 Å². The van der Waals surface area contributed by atoms with E-state index < -0.39 is 0 Å². The number of benzene rings is 2. The smallest absolute Gasteiger partial charge is 0.255 e. The van der Waals surface area contributed by atoms with Crippen LogP contribution in [-0.4, -0.2) is 29.8 Å². The number of aryl methyl sites for hydroxylation is 1. The van der Waals surface area contributed by atoms with Gasteiger partial charge in [-0.05, 0) is 49.9 Å². The minimum absolute atomic E-state index is 0.00800. The molecular weight excluding hydrogens is 312 g/mol. The summed E-state index contributed by atoms with van der Waals surface area (Å²) in [7, 11) is 0. The zero-order chi connectivity index (χ0) is 17.8. The van der Waals surface area contributed by atoms with Gasteiger partial charge in [-0.25, -0.2) is 0 Å². The van der Waals surface area contributed by atoms with E-state index in [1.54, 1.807) is 24.3 Å². The number of anilines is 1. The topological polar surface area (TPSA) is 49.4 Å². The normalized spacial score (nSPS) is 17.2. The Morgan fingerprint density at radius 2 is 1.80 bits per heavy atom. The zero-order valence-corrected chi connectivity index (χ0v) is 14.8. The van der Waals surface area contributed by atoms with Crippen molar-refractivity contribution in [1.82, 2.24) is 4.90 Å². The molecule has 0 spiro atoms. The molecule has 1 atom stereocenters. The summed E-state index contributed by atoms with van der Waals surface area (Å²) in [6.45, 7) is 5.71. The van der Waals surface area contributed by atoms with E-state index in [-0.39, 0.29) is 11.8 Å². The Kier molecular flexibility index (Phi) is 5.17. The molecule has 2 aromatic carbocycles. The summed E-state index contributed by atoms with van der Waals surface area (Å²) in [5.41, 5.74) is 2.80. The van der Waals surface area contributed by atoms with E-state index in [0.29, 0.717) is 22.7 Å². The maximum Gasteiger partial charge on any atom is 0.255 e. The molecule has 1 fully saturated rings. The number of hydrogen-bond acceptors (Lipinski definition) is 2. The average molecular weight is 336 g/mol. The fourth-order valence-corrected chi connectivity index (χ4v) is 3.22. The first-order valence-corrected chi connectivity index (χ1v) is 8.81. The molecule has 1 aliphatic heterocycles. The van der Waals surface area contributed by atoms with Crippen LogP contribution in [0.5, 0.6) is 0 Å². The lowest BCUT2D eigenvalue weighted by atomic mass is 9.99. The van der Waals surface area contributed by atoms with Crippen molar-refractivity contribution < 1.29 is 9.59 Å². The molecule has 1 heterocycles. The second-order valence-electron chi connectivity index (χ2n) is 6.86. The summed E-state index contributed by atoms with van der Waals surface area (Å²) in [6.07, 6.45) is 2.19. The molecule has 0 aromatic heterocycles. The standard InChI is InChI=1S/C21H24N2O2/c1-15-9-11-17(12-10-15)20(24)22-19-8-4-3-7-18(19)21(25)23-13-5-6-16(2)14-23/h3-4,7-12,16H,5-6,13-14H2,1-2H3,(H,22,24)/t16-/m1/s1. The van der Waals surface area contributed by atoms with Crippen molar-refractivity contribution in [3.63, 3.8) is 0 Å². The Hall–Kier alpha value is -2.62. The molecule has 130 valence electrons. The first-order valence-electron chi connectivity index (χ1n) is 8.81. The van der Waals surface area contributed by atoms with E-state index in [2.05, 4.69) is 12.2 Å². The highest BCUT2D eigenvalue weighted by molar-refractivity contribution is 6.09. The fraction of sp³-hybridized carbons (Fsp3) is 0.333. The van der Waals surface area contributed by atoms with Crippen LogP contribution in [0.2, 0.25) is 0 Å². The van der Waals surface area contributed by atoms with E-state index in [1.165, 1.54) is 0 Å². The highest BCUT2D eigenvalue weighted by atomic mass is 16.2. The molecule has 1 aliphatic rings. The van der Waals surface area contributed by atoms with Crippen LogP contribution in [0, 0.1) is 12.8 Å². The summed E-state index contributed by atoms with van der Waals surface area (Å²) in [5, 5.41) is 2.89. The minimum atomic E-state index is -0.202. The van der Waals surface area contributed by atoms with Crippen molar-refractivity contribution in [3.8, 4) is 0 Å². The molecule has 2 aromatic rings. The predicted octanol–water partition coefficient (Wildman–Crippen LogP) is 4.12. The van der Waals surface area contributed by atoms with Gasteiger partial charge in [0.1, 0.15) is 0 Å². The third kappa shape index (κ3) is 4.08. The van der Waals surface area contributed by atoms with Crippen LogP contribution in [0.3, 0.4) is 0 Å². The van der Waals surface area contributed by atoms with Crippen LogP contribution >= 0.6 is 0 Å². The maximum atomic E-state index is 12.9. The predicted molar refractivity (Wildman–Crippen MR) is 99.9 cm³/mol. The number of hydrogen-bond donors (Lipinski definition) is 1. The Labute approximate surface area is 148 Å². The van der Waals surface area contributed by atoms with Gasteiger partial charge in [-0.3, -0.25) is 9.59 Å². The van der Waals surface area contributed by atoms with Gasteiger partial charge in [-0.15, -0.1) is 0 Å². The number of piperidine rings is 1. The number of nitrogens with one attached hydrogen (secondary N) is 1. The number of carbonyl (C=O) groups is 2. The molecule has 3 rings (SSSR count). The molecule has 0 aliphatic carbocycles. The number of rotatable bonds is 3. The molecule has 0 unspecified atom stereocenters. The number of para-hydroxylation sites is 1. The lowest BCUT2D eigenvalue weighted by Gasteiger charge is -2.31. The molecule has 4 nitrogen and oxygen atoms in total. The Bertz CT molecular complexity index is 768. The van der Waals surface area contributed by atoms with Gasteiger partial charge in [0.05, 0.1) is 11.3 Å². The lowest BCUT2D eigenvalue weighted by Crippen LogP contribution is -2.39. The largest absolute Gasteiger partial charge is 0.338 e. The highest BCUT2D eigenvalue weighted by Crippen LogP contribution is 2.22. The van der Waals surface area contributed by atoms with Gasteiger partial charge in [-0.1, -0.05) is 36.8 Å². The first kappa shape index (κ1) is 17.2. The third-order valence-electron chi connectivity index (χ3n) is 4.66.